The fourth-order valence-electron chi connectivity index (χ4n) is 7.25. The standard InChI is InChI=1S/C45H67ClN8O7S/c1-13-22-45(11,49-26-27(4)5)42(58)51-35(40(56)50-34(15-3)39(55)52-36(41(57)53(12)24-14-2)31-18-20-32(46)21-19-31)17-16-23-48-43(47)54(62(59)60)37-28(6)29(7)38-33(30(37)8)25-44(9,10)61-38/h13-14,18-21,27,34-36,49H,1-2,15-17,22-26H2,3-12H3,(H2,47,48)(H,50,56)(H,51,58)(H,52,55)(H,59,60)/p-1/t34-,35-,36+,45+/m0/s1. The van der Waals surface area contributed by atoms with Crippen LogP contribution in [0.15, 0.2) is 54.6 Å². The van der Waals surface area contributed by atoms with Crippen molar-refractivity contribution >= 4 is 58.1 Å². The van der Waals surface area contributed by atoms with Crippen LogP contribution in [0, 0.1) is 26.7 Å². The van der Waals surface area contributed by atoms with Gasteiger partial charge in [0.25, 0.3) is 0 Å². The van der Waals surface area contributed by atoms with E-state index < -0.39 is 64.2 Å². The van der Waals surface area contributed by atoms with E-state index in [1.165, 1.54) is 4.90 Å². The minimum atomic E-state index is -2.83. The second-order valence-corrected chi connectivity index (χ2v) is 18.3. The lowest BCUT2D eigenvalue weighted by molar-refractivity contribution is -0.137. The lowest BCUT2D eigenvalue weighted by Gasteiger charge is -2.32. The summed E-state index contributed by atoms with van der Waals surface area (Å²) < 4.78 is 32.7. The first kappa shape index (κ1) is 51.6. The average molecular weight is 899 g/mol. The molecule has 1 unspecified atom stereocenters. The molecule has 17 heteroatoms. The van der Waals surface area contributed by atoms with Gasteiger partial charge in [0, 0.05) is 37.1 Å². The number of fused-ring (bicyclic) bond motifs is 1. The van der Waals surface area contributed by atoms with Crippen LogP contribution >= 0.6 is 11.6 Å². The van der Waals surface area contributed by atoms with E-state index in [0.717, 1.165) is 21.2 Å². The highest BCUT2D eigenvalue weighted by Gasteiger charge is 2.37. The monoisotopic (exact) mass is 897 g/mol. The van der Waals surface area contributed by atoms with E-state index in [2.05, 4.69) is 39.4 Å². The Labute approximate surface area is 375 Å². The number of nitrogens with zero attached hydrogens (tertiary/aromatic N) is 3. The number of anilines is 1. The van der Waals surface area contributed by atoms with Gasteiger partial charge in [0.2, 0.25) is 29.6 Å². The van der Waals surface area contributed by atoms with E-state index >= 15 is 0 Å². The molecular weight excluding hydrogens is 832 g/mol. The Morgan fingerprint density at radius 3 is 2.23 bits per heavy atom. The lowest BCUT2D eigenvalue weighted by Crippen LogP contribution is -2.60. The van der Waals surface area contributed by atoms with E-state index in [1.807, 2.05) is 48.5 Å². The first-order valence-corrected chi connectivity index (χ1v) is 22.3. The van der Waals surface area contributed by atoms with Crippen LogP contribution < -0.4 is 36.0 Å². The molecule has 0 spiro atoms. The zero-order valence-electron chi connectivity index (χ0n) is 37.9. The van der Waals surface area contributed by atoms with Crippen molar-refractivity contribution in [1.29, 1.82) is 0 Å². The molecule has 0 aliphatic carbocycles. The molecule has 6 N–H and O–H groups in total. The number of rotatable bonds is 22. The van der Waals surface area contributed by atoms with Crippen molar-refractivity contribution < 1.29 is 32.7 Å². The van der Waals surface area contributed by atoms with Gasteiger partial charge in [-0.3, -0.25) is 28.4 Å². The maximum atomic E-state index is 14.2. The van der Waals surface area contributed by atoms with Crippen LogP contribution in [0.2, 0.25) is 5.02 Å². The molecule has 342 valence electrons. The minimum absolute atomic E-state index is 0.00628. The van der Waals surface area contributed by atoms with Crippen LogP contribution in [-0.4, -0.2) is 93.2 Å². The normalized spacial score (nSPS) is 16.1. The molecule has 0 radical (unpaired) electrons. The largest absolute Gasteiger partial charge is 0.755 e. The van der Waals surface area contributed by atoms with Crippen LogP contribution in [-0.2, 0) is 36.9 Å². The Morgan fingerprint density at radius 2 is 1.66 bits per heavy atom. The van der Waals surface area contributed by atoms with Gasteiger partial charge in [0.1, 0.15) is 29.5 Å². The third-order valence-electron chi connectivity index (χ3n) is 10.9. The zero-order chi connectivity index (χ0) is 46.7. The lowest BCUT2D eigenvalue weighted by atomic mass is 9.92. The van der Waals surface area contributed by atoms with Crippen molar-refractivity contribution in [3.8, 4) is 5.75 Å². The van der Waals surface area contributed by atoms with E-state index in [4.69, 9.17) is 22.1 Å². The summed E-state index contributed by atoms with van der Waals surface area (Å²) in [6.07, 6.45) is 4.41. The highest BCUT2D eigenvalue weighted by Crippen LogP contribution is 2.45. The fourth-order valence-corrected chi connectivity index (χ4v) is 8.01. The number of aliphatic imine (C=N–C) groups is 1. The van der Waals surface area contributed by atoms with Gasteiger partial charge in [-0.15, -0.1) is 13.2 Å². The molecule has 0 fully saturated rings. The maximum Gasteiger partial charge on any atom is 0.249 e. The topological polar surface area (TPSA) is 211 Å². The highest BCUT2D eigenvalue weighted by molar-refractivity contribution is 7.81. The molecule has 62 heavy (non-hydrogen) atoms. The summed E-state index contributed by atoms with van der Waals surface area (Å²) in [4.78, 5) is 61.4. The Balaban J connectivity index is 1.92. The molecule has 4 amide bonds. The van der Waals surface area contributed by atoms with Crippen molar-refractivity contribution in [3.63, 3.8) is 0 Å². The molecular formula is C45H66ClN8O7S-. The number of carbonyl (C=O) groups excluding carboxylic acids is 4. The SMILES string of the molecule is C=CCN(C)C(=O)[C@H](NC(=O)[C@H](CC)NC(=O)[C@H](CCCN=C(N)N(c1c(C)c(C)c2c(c1C)CC(C)(C)O2)S(=O)[O-])NC(=O)[C@@](C)(CC=C)NCC(C)C)c1ccc(Cl)cc1. The maximum absolute atomic E-state index is 14.2. The molecule has 1 heterocycles. The first-order valence-electron chi connectivity index (χ1n) is 20.9. The van der Waals surface area contributed by atoms with Crippen molar-refractivity contribution in [2.24, 2.45) is 16.6 Å². The number of ether oxygens (including phenoxy) is 1. The fraction of sp³-hybridized carbons (Fsp3) is 0.533. The summed E-state index contributed by atoms with van der Waals surface area (Å²) in [7, 11) is 1.59. The second-order valence-electron chi connectivity index (χ2n) is 17.1. The number of hydrogen-bond donors (Lipinski definition) is 5. The van der Waals surface area contributed by atoms with E-state index in [9.17, 15) is 27.9 Å². The third kappa shape index (κ3) is 13.1. The quantitative estimate of drug-likeness (QED) is 0.0348. The predicted octanol–water partition coefficient (Wildman–Crippen LogP) is 5.14. The van der Waals surface area contributed by atoms with Gasteiger partial charge in [-0.25, -0.2) is 4.31 Å². The van der Waals surface area contributed by atoms with Crippen LogP contribution in [0.3, 0.4) is 0 Å². The van der Waals surface area contributed by atoms with E-state index in [-0.39, 0.29) is 50.7 Å². The number of benzene rings is 2. The van der Waals surface area contributed by atoms with Crippen LogP contribution in [0.5, 0.6) is 5.75 Å². The number of hydrogen-bond acceptors (Lipinski definition) is 9. The smallest absolute Gasteiger partial charge is 0.249 e. The van der Waals surface area contributed by atoms with Crippen LogP contribution in [0.4, 0.5) is 5.69 Å². The number of carbonyl (C=O) groups is 4. The number of nitrogens with one attached hydrogen (secondary N) is 4. The molecule has 2 aromatic carbocycles. The van der Waals surface area contributed by atoms with E-state index in [1.54, 1.807) is 57.3 Å². The second kappa shape index (κ2) is 22.5. The van der Waals surface area contributed by atoms with Gasteiger partial charge in [0.05, 0.1) is 22.5 Å². The minimum Gasteiger partial charge on any atom is -0.755 e. The number of guanidine groups is 1. The molecule has 0 saturated carbocycles. The number of nitrogens with two attached hydrogens (primary N) is 1. The molecule has 0 aromatic heterocycles. The zero-order valence-corrected chi connectivity index (χ0v) is 39.5. The van der Waals surface area contributed by atoms with Crippen molar-refractivity contribution in [3.05, 3.63) is 82.4 Å². The van der Waals surface area contributed by atoms with Crippen molar-refractivity contribution in [1.82, 2.24) is 26.2 Å². The van der Waals surface area contributed by atoms with Crippen LogP contribution in [0.25, 0.3) is 0 Å². The summed E-state index contributed by atoms with van der Waals surface area (Å²) in [5.74, 6) is -1.44. The molecule has 5 atom stereocenters. The Hall–Kier alpha value is -4.77. The first-order chi connectivity index (χ1) is 29.0. The summed E-state index contributed by atoms with van der Waals surface area (Å²) in [6.45, 7) is 25.2. The molecule has 1 aliphatic rings. The van der Waals surface area contributed by atoms with Crippen LogP contribution in [0.1, 0.15) is 101 Å². The van der Waals surface area contributed by atoms with Gasteiger partial charge < -0.3 is 41.2 Å². The molecule has 3 rings (SSSR count). The number of likely N-dealkylation sites (N-methyl/N-ethyl adjacent to an activating group) is 1. The Bertz CT molecular complexity index is 2020. The van der Waals surface area contributed by atoms with Gasteiger partial charge in [-0.05, 0) is 114 Å². The summed E-state index contributed by atoms with van der Waals surface area (Å²) >= 11 is 3.28. The molecule has 0 saturated heterocycles. The van der Waals surface area contributed by atoms with Gasteiger partial charge in [-0.1, -0.05) is 56.7 Å². The van der Waals surface area contributed by atoms with Crippen molar-refractivity contribution in [2.75, 3.05) is 31.0 Å². The Kier molecular flexibility index (Phi) is 18.8. The average Bonchev–Trinajstić information content (AvgIpc) is 3.55. The molecule has 15 nitrogen and oxygen atoms in total. The summed E-state index contributed by atoms with van der Waals surface area (Å²) in [5.41, 5.74) is 8.80. The third-order valence-corrected chi connectivity index (χ3v) is 11.9. The summed E-state index contributed by atoms with van der Waals surface area (Å²) in [5, 5.41) is 12.2. The molecule has 2 aromatic rings. The highest BCUT2D eigenvalue weighted by atomic mass is 35.5. The van der Waals surface area contributed by atoms with E-state index in [0.29, 0.717) is 40.4 Å². The van der Waals surface area contributed by atoms with Gasteiger partial charge in [-0.2, -0.15) is 0 Å². The summed E-state index contributed by atoms with van der Waals surface area (Å²) in [6, 6.07) is 3.15. The number of halogens is 1. The van der Waals surface area contributed by atoms with Gasteiger partial charge >= 0.3 is 0 Å². The number of amides is 4. The van der Waals surface area contributed by atoms with Crippen molar-refractivity contribution in [2.45, 2.75) is 124 Å². The molecule has 1 aliphatic heterocycles. The Morgan fingerprint density at radius 1 is 1.03 bits per heavy atom. The predicted molar refractivity (Wildman–Crippen MR) is 247 cm³/mol. The molecule has 0 bridgehead atoms. The van der Waals surface area contributed by atoms with Gasteiger partial charge in [0.15, 0.2) is 0 Å².